The Balaban J connectivity index is 1.70. The highest BCUT2D eigenvalue weighted by Crippen LogP contribution is 2.32. The van der Waals surface area contributed by atoms with E-state index in [0.29, 0.717) is 16.8 Å². The van der Waals surface area contributed by atoms with E-state index in [1.54, 1.807) is 0 Å². The van der Waals surface area contributed by atoms with E-state index in [-0.39, 0.29) is 0 Å². The van der Waals surface area contributed by atoms with Gasteiger partial charge in [-0.3, -0.25) is 0 Å². The summed E-state index contributed by atoms with van der Waals surface area (Å²) in [5, 5.41) is 4.12. The Hall–Kier alpha value is -1.03. The molecule has 0 radical (unpaired) electrons. The van der Waals surface area contributed by atoms with Crippen molar-refractivity contribution >= 4 is 27.5 Å². The molecule has 0 aromatic heterocycles. The van der Waals surface area contributed by atoms with Crippen LogP contribution in [0.5, 0.6) is 11.5 Å². The van der Waals surface area contributed by atoms with Crippen molar-refractivity contribution in [2.24, 2.45) is 0 Å². The van der Waals surface area contributed by atoms with E-state index in [2.05, 4.69) is 27.3 Å². The van der Waals surface area contributed by atoms with Gasteiger partial charge in [0.2, 0.25) is 0 Å². The van der Waals surface area contributed by atoms with E-state index in [0.717, 1.165) is 22.3 Å². The molecule has 0 heterocycles. The molecule has 1 aliphatic carbocycles. The maximum absolute atomic E-state index is 6.32. The van der Waals surface area contributed by atoms with E-state index in [4.69, 9.17) is 16.3 Å². The third-order valence-electron chi connectivity index (χ3n) is 3.53. The third-order valence-corrected chi connectivity index (χ3v) is 4.71. The summed E-state index contributed by atoms with van der Waals surface area (Å²) in [6, 6.07) is 12.6. The molecule has 2 aromatic carbocycles. The number of ether oxygens (including phenoxy) is 1. The molecule has 2 aromatic rings. The molecule has 0 aliphatic heterocycles. The number of benzene rings is 2. The SMILES string of the molecule is Cc1cc(Oc2ccc(CNC3CC3)cc2Cl)ccc1Br. The van der Waals surface area contributed by atoms with Crippen LogP contribution in [0.3, 0.4) is 0 Å². The van der Waals surface area contributed by atoms with Crippen molar-refractivity contribution in [3.63, 3.8) is 0 Å². The van der Waals surface area contributed by atoms with Crippen molar-refractivity contribution in [1.29, 1.82) is 0 Å². The minimum absolute atomic E-state index is 0.644. The Morgan fingerprint density at radius 3 is 2.71 bits per heavy atom. The number of aryl methyl sites for hydroxylation is 1. The largest absolute Gasteiger partial charge is 0.456 e. The van der Waals surface area contributed by atoms with E-state index in [9.17, 15) is 0 Å². The Morgan fingerprint density at radius 2 is 2.05 bits per heavy atom. The summed E-state index contributed by atoms with van der Waals surface area (Å²) in [6.07, 6.45) is 2.58. The van der Waals surface area contributed by atoms with E-state index in [1.807, 2.05) is 37.3 Å². The maximum atomic E-state index is 6.32. The lowest BCUT2D eigenvalue weighted by molar-refractivity contribution is 0.482. The zero-order valence-electron chi connectivity index (χ0n) is 11.8. The highest BCUT2D eigenvalue weighted by atomic mass is 79.9. The standard InChI is InChI=1S/C17H17BrClNO/c1-11-8-14(5-6-15(11)18)21-17-7-2-12(9-16(17)19)10-20-13-3-4-13/h2,5-9,13,20H,3-4,10H2,1H3. The lowest BCUT2D eigenvalue weighted by atomic mass is 10.2. The van der Waals surface area contributed by atoms with Gasteiger partial charge in [0.05, 0.1) is 5.02 Å². The van der Waals surface area contributed by atoms with Gasteiger partial charge in [-0.1, -0.05) is 33.6 Å². The second-order valence-electron chi connectivity index (χ2n) is 5.43. The van der Waals surface area contributed by atoms with Crippen LogP contribution >= 0.6 is 27.5 Å². The summed E-state index contributed by atoms with van der Waals surface area (Å²) in [6.45, 7) is 2.90. The molecule has 0 atom stereocenters. The van der Waals surface area contributed by atoms with Crippen LogP contribution in [-0.4, -0.2) is 6.04 Å². The van der Waals surface area contributed by atoms with E-state index >= 15 is 0 Å². The molecule has 1 saturated carbocycles. The molecule has 2 nitrogen and oxygen atoms in total. The summed E-state index contributed by atoms with van der Waals surface area (Å²) in [5.41, 5.74) is 2.32. The molecule has 0 unspecified atom stereocenters. The maximum Gasteiger partial charge on any atom is 0.146 e. The smallest absolute Gasteiger partial charge is 0.146 e. The predicted octanol–water partition coefficient (Wildman–Crippen LogP) is 5.46. The average molecular weight is 367 g/mol. The summed E-state index contributed by atoms with van der Waals surface area (Å²) < 4.78 is 6.94. The fraction of sp³-hybridized carbons (Fsp3) is 0.294. The number of hydrogen-bond donors (Lipinski definition) is 1. The van der Waals surface area contributed by atoms with Gasteiger partial charge < -0.3 is 10.1 Å². The van der Waals surface area contributed by atoms with Gasteiger partial charge in [0.25, 0.3) is 0 Å². The van der Waals surface area contributed by atoms with Gasteiger partial charge in [-0.25, -0.2) is 0 Å². The topological polar surface area (TPSA) is 21.3 Å². The van der Waals surface area contributed by atoms with Crippen LogP contribution in [-0.2, 0) is 6.54 Å². The monoisotopic (exact) mass is 365 g/mol. The minimum atomic E-state index is 0.644. The molecule has 4 heteroatoms. The van der Waals surface area contributed by atoms with Crippen LogP contribution < -0.4 is 10.1 Å². The van der Waals surface area contributed by atoms with Gasteiger partial charge in [-0.15, -0.1) is 0 Å². The number of hydrogen-bond acceptors (Lipinski definition) is 2. The molecule has 1 fully saturated rings. The molecule has 0 spiro atoms. The molecule has 21 heavy (non-hydrogen) atoms. The second kappa shape index (κ2) is 6.39. The van der Waals surface area contributed by atoms with E-state index in [1.165, 1.54) is 18.4 Å². The first-order valence-corrected chi connectivity index (χ1v) is 8.25. The van der Waals surface area contributed by atoms with Crippen LogP contribution in [0.1, 0.15) is 24.0 Å². The molecule has 0 saturated heterocycles. The quantitative estimate of drug-likeness (QED) is 0.759. The van der Waals surface area contributed by atoms with Gasteiger partial charge in [0, 0.05) is 17.1 Å². The lowest BCUT2D eigenvalue weighted by Gasteiger charge is -2.11. The molecule has 110 valence electrons. The first-order chi connectivity index (χ1) is 10.1. The van der Waals surface area contributed by atoms with Crippen molar-refractivity contribution < 1.29 is 4.74 Å². The molecular weight excluding hydrogens is 350 g/mol. The van der Waals surface area contributed by atoms with Crippen molar-refractivity contribution in [3.8, 4) is 11.5 Å². The van der Waals surface area contributed by atoms with Crippen molar-refractivity contribution in [2.45, 2.75) is 32.4 Å². The van der Waals surface area contributed by atoms with Gasteiger partial charge >= 0.3 is 0 Å². The predicted molar refractivity (Wildman–Crippen MR) is 90.3 cm³/mol. The number of rotatable bonds is 5. The van der Waals surface area contributed by atoms with Crippen LogP contribution in [0.4, 0.5) is 0 Å². The molecule has 1 aliphatic rings. The molecule has 1 N–H and O–H groups in total. The number of halogens is 2. The fourth-order valence-corrected chi connectivity index (χ4v) is 2.58. The average Bonchev–Trinajstić information content (AvgIpc) is 3.27. The number of nitrogens with one attached hydrogen (secondary N) is 1. The zero-order chi connectivity index (χ0) is 14.8. The molecule has 0 bridgehead atoms. The van der Waals surface area contributed by atoms with Gasteiger partial charge in [-0.2, -0.15) is 0 Å². The van der Waals surface area contributed by atoms with Crippen LogP contribution in [0.15, 0.2) is 40.9 Å². The van der Waals surface area contributed by atoms with Crippen molar-refractivity contribution in [3.05, 3.63) is 57.0 Å². The summed E-state index contributed by atoms with van der Waals surface area (Å²) in [4.78, 5) is 0. The lowest BCUT2D eigenvalue weighted by Crippen LogP contribution is -2.15. The highest BCUT2D eigenvalue weighted by molar-refractivity contribution is 9.10. The summed E-state index contributed by atoms with van der Waals surface area (Å²) in [5.74, 6) is 1.48. The van der Waals surface area contributed by atoms with E-state index < -0.39 is 0 Å². The van der Waals surface area contributed by atoms with Crippen LogP contribution in [0.2, 0.25) is 5.02 Å². The normalized spacial score (nSPS) is 14.2. The van der Waals surface area contributed by atoms with Gasteiger partial charge in [0.1, 0.15) is 11.5 Å². The van der Waals surface area contributed by atoms with Crippen LogP contribution in [0.25, 0.3) is 0 Å². The Labute approximate surface area is 138 Å². The highest BCUT2D eigenvalue weighted by Gasteiger charge is 2.20. The molecular formula is C17H17BrClNO. The molecule has 0 amide bonds. The van der Waals surface area contributed by atoms with Crippen molar-refractivity contribution in [2.75, 3.05) is 0 Å². The fourth-order valence-electron chi connectivity index (χ4n) is 2.09. The first kappa shape index (κ1) is 14.9. The van der Waals surface area contributed by atoms with Gasteiger partial charge in [-0.05, 0) is 61.2 Å². The first-order valence-electron chi connectivity index (χ1n) is 7.07. The Kier molecular flexibility index (Phi) is 4.53. The second-order valence-corrected chi connectivity index (χ2v) is 6.69. The zero-order valence-corrected chi connectivity index (χ0v) is 14.2. The third kappa shape index (κ3) is 4.00. The Bertz CT molecular complexity index is 655. The minimum Gasteiger partial charge on any atom is -0.456 e. The summed E-state index contributed by atoms with van der Waals surface area (Å²) >= 11 is 9.80. The Morgan fingerprint density at radius 1 is 1.24 bits per heavy atom. The van der Waals surface area contributed by atoms with Gasteiger partial charge in [0.15, 0.2) is 0 Å². The molecule has 3 rings (SSSR count). The van der Waals surface area contributed by atoms with Crippen molar-refractivity contribution in [1.82, 2.24) is 5.32 Å². The van der Waals surface area contributed by atoms with Crippen LogP contribution in [0, 0.1) is 6.92 Å². The summed E-state index contributed by atoms with van der Waals surface area (Å²) in [7, 11) is 0.